The maximum Gasteiger partial charge on any atom is 0.248 e. The lowest BCUT2D eigenvalue weighted by Gasteiger charge is -2.27. The Bertz CT molecular complexity index is 225. The van der Waals surface area contributed by atoms with Crippen LogP contribution < -0.4 is 16.1 Å². The lowest BCUT2D eigenvalue weighted by atomic mass is 10.3. The summed E-state index contributed by atoms with van der Waals surface area (Å²) in [6, 6.07) is 0. The lowest BCUT2D eigenvalue weighted by Crippen LogP contribution is -2.52. The van der Waals surface area contributed by atoms with Crippen molar-refractivity contribution in [2.75, 3.05) is 39.4 Å². The number of rotatable bonds is 4. The molecule has 2 fully saturated rings. The van der Waals surface area contributed by atoms with Crippen LogP contribution in [0.4, 0.5) is 0 Å². The molecule has 1 amide bonds. The number of hydrogen-bond donors (Lipinski definition) is 3. The molecule has 0 spiro atoms. The minimum atomic E-state index is 0.0237. The molecule has 2 aliphatic rings. The summed E-state index contributed by atoms with van der Waals surface area (Å²) in [5, 5.41) is 8.39. The van der Waals surface area contributed by atoms with E-state index in [0.29, 0.717) is 25.9 Å². The molecule has 2 heterocycles. The number of hydrazine groups is 1. The van der Waals surface area contributed by atoms with Crippen LogP contribution in [0.5, 0.6) is 0 Å². The van der Waals surface area contributed by atoms with Gasteiger partial charge in [-0.25, -0.2) is 5.01 Å². The van der Waals surface area contributed by atoms with Crippen LogP contribution in [0.2, 0.25) is 0 Å². The van der Waals surface area contributed by atoms with Crippen molar-refractivity contribution in [1.29, 1.82) is 0 Å². The molecule has 2 aliphatic heterocycles. The first kappa shape index (κ1) is 11.8. The third-order valence-electron chi connectivity index (χ3n) is 2.86. The molecule has 2 saturated heterocycles. The predicted octanol–water partition coefficient (Wildman–Crippen LogP) is -1.35. The summed E-state index contributed by atoms with van der Waals surface area (Å²) in [5.74, 6) is 0.0237. The van der Waals surface area contributed by atoms with Gasteiger partial charge < -0.3 is 10.1 Å². The average Bonchev–Trinajstić information content (AvgIpc) is 2.81. The normalized spacial score (nSPS) is 26.9. The molecule has 3 N–H and O–H groups in total. The first-order valence-electron chi connectivity index (χ1n) is 5.93. The molecule has 0 aromatic rings. The zero-order valence-corrected chi connectivity index (χ0v) is 9.50. The number of carbonyl (C=O) groups is 1. The van der Waals surface area contributed by atoms with E-state index in [-0.39, 0.29) is 5.91 Å². The van der Waals surface area contributed by atoms with E-state index >= 15 is 0 Å². The van der Waals surface area contributed by atoms with Gasteiger partial charge >= 0.3 is 0 Å². The van der Waals surface area contributed by atoms with Crippen LogP contribution in [0.15, 0.2) is 0 Å². The van der Waals surface area contributed by atoms with E-state index in [0.717, 1.165) is 26.1 Å². The monoisotopic (exact) mass is 228 g/mol. The zero-order valence-electron chi connectivity index (χ0n) is 9.50. The highest BCUT2D eigenvalue weighted by atomic mass is 16.5. The molecule has 6 nitrogen and oxygen atoms in total. The van der Waals surface area contributed by atoms with Crippen LogP contribution in [0.25, 0.3) is 0 Å². The second kappa shape index (κ2) is 6.15. The summed E-state index contributed by atoms with van der Waals surface area (Å²) >= 11 is 0. The Balaban J connectivity index is 1.59. The van der Waals surface area contributed by atoms with Crippen LogP contribution in [0.3, 0.4) is 0 Å². The molecule has 1 atom stereocenters. The lowest BCUT2D eigenvalue weighted by molar-refractivity contribution is -0.127. The summed E-state index contributed by atoms with van der Waals surface area (Å²) in [6.07, 6.45) is 2.59. The first-order valence-corrected chi connectivity index (χ1v) is 5.93. The van der Waals surface area contributed by atoms with E-state index in [1.165, 1.54) is 6.42 Å². The summed E-state index contributed by atoms with van der Waals surface area (Å²) < 4.78 is 5.20. The Hall–Kier alpha value is -0.690. The highest BCUT2D eigenvalue weighted by Crippen LogP contribution is 2.00. The Kier molecular flexibility index (Phi) is 4.53. The van der Waals surface area contributed by atoms with Gasteiger partial charge in [0.25, 0.3) is 0 Å². The Morgan fingerprint density at radius 2 is 2.25 bits per heavy atom. The van der Waals surface area contributed by atoms with E-state index < -0.39 is 0 Å². The minimum absolute atomic E-state index is 0.0237. The van der Waals surface area contributed by atoms with Gasteiger partial charge in [-0.3, -0.25) is 15.5 Å². The van der Waals surface area contributed by atoms with Gasteiger partial charge in [0, 0.05) is 13.1 Å². The topological polar surface area (TPSA) is 65.6 Å². The van der Waals surface area contributed by atoms with E-state index in [9.17, 15) is 4.79 Å². The third-order valence-corrected chi connectivity index (χ3v) is 2.86. The number of morpholine rings is 1. The molecule has 6 heteroatoms. The van der Waals surface area contributed by atoms with Crippen molar-refractivity contribution in [2.24, 2.45) is 0 Å². The van der Waals surface area contributed by atoms with Crippen LogP contribution in [0, 0.1) is 0 Å². The number of carbonyl (C=O) groups excluding carboxylic acids is 1. The van der Waals surface area contributed by atoms with E-state index in [1.54, 1.807) is 0 Å². The highest BCUT2D eigenvalue weighted by molar-refractivity contribution is 5.77. The van der Waals surface area contributed by atoms with Gasteiger partial charge in [-0.05, 0) is 19.4 Å². The fraction of sp³-hybridized carbons (Fsp3) is 0.900. The van der Waals surface area contributed by atoms with Crippen molar-refractivity contribution in [2.45, 2.75) is 19.0 Å². The molecule has 0 aromatic heterocycles. The van der Waals surface area contributed by atoms with Crippen molar-refractivity contribution in [3.63, 3.8) is 0 Å². The van der Waals surface area contributed by atoms with E-state index in [1.807, 2.05) is 5.01 Å². The Labute approximate surface area is 95.7 Å². The minimum Gasteiger partial charge on any atom is -0.379 e. The molecular weight excluding hydrogens is 208 g/mol. The van der Waals surface area contributed by atoms with Crippen LogP contribution >= 0.6 is 0 Å². The summed E-state index contributed by atoms with van der Waals surface area (Å²) in [5.41, 5.74) is 2.87. The molecule has 0 bridgehead atoms. The van der Waals surface area contributed by atoms with Crippen molar-refractivity contribution in [3.8, 4) is 0 Å². The fourth-order valence-corrected chi connectivity index (χ4v) is 1.97. The average molecular weight is 228 g/mol. The van der Waals surface area contributed by atoms with Crippen molar-refractivity contribution >= 4 is 5.91 Å². The molecule has 92 valence electrons. The van der Waals surface area contributed by atoms with Gasteiger partial charge in [0.2, 0.25) is 5.91 Å². The molecule has 0 radical (unpaired) electrons. The van der Waals surface area contributed by atoms with Crippen molar-refractivity contribution < 1.29 is 9.53 Å². The van der Waals surface area contributed by atoms with Gasteiger partial charge in [-0.15, -0.1) is 0 Å². The van der Waals surface area contributed by atoms with Gasteiger partial charge in [0.1, 0.15) is 0 Å². The second-order valence-electron chi connectivity index (χ2n) is 4.16. The smallest absolute Gasteiger partial charge is 0.248 e. The summed E-state index contributed by atoms with van der Waals surface area (Å²) in [7, 11) is 0. The molecule has 0 aliphatic carbocycles. The van der Waals surface area contributed by atoms with Gasteiger partial charge in [-0.1, -0.05) is 0 Å². The molecule has 2 rings (SSSR count). The SMILES string of the molecule is O=C(CNC1CCCN1)NN1CCOCC1. The third kappa shape index (κ3) is 3.71. The number of nitrogens with one attached hydrogen (secondary N) is 3. The number of ether oxygens (including phenoxy) is 1. The van der Waals surface area contributed by atoms with Gasteiger partial charge in [-0.2, -0.15) is 0 Å². The summed E-state index contributed by atoms with van der Waals surface area (Å²) in [4.78, 5) is 11.6. The van der Waals surface area contributed by atoms with Crippen LogP contribution in [0.1, 0.15) is 12.8 Å². The van der Waals surface area contributed by atoms with E-state index in [4.69, 9.17) is 4.74 Å². The van der Waals surface area contributed by atoms with Crippen LogP contribution in [-0.4, -0.2) is 56.5 Å². The molecular formula is C10H20N4O2. The molecule has 0 aromatic carbocycles. The summed E-state index contributed by atoms with van der Waals surface area (Å²) in [6.45, 7) is 4.34. The maximum absolute atomic E-state index is 11.6. The standard InChI is InChI=1S/C10H20N4O2/c15-10(8-12-9-2-1-3-11-9)13-14-4-6-16-7-5-14/h9,11-12H,1-8H2,(H,13,15). The highest BCUT2D eigenvalue weighted by Gasteiger charge is 2.16. The van der Waals surface area contributed by atoms with Crippen LogP contribution in [-0.2, 0) is 9.53 Å². The fourth-order valence-electron chi connectivity index (χ4n) is 1.97. The largest absolute Gasteiger partial charge is 0.379 e. The predicted molar refractivity (Wildman–Crippen MR) is 59.6 cm³/mol. The molecule has 16 heavy (non-hydrogen) atoms. The van der Waals surface area contributed by atoms with E-state index in [2.05, 4.69) is 16.1 Å². The molecule has 1 unspecified atom stereocenters. The number of amides is 1. The Morgan fingerprint density at radius 1 is 1.44 bits per heavy atom. The Morgan fingerprint density at radius 3 is 2.94 bits per heavy atom. The van der Waals surface area contributed by atoms with Crippen molar-refractivity contribution in [3.05, 3.63) is 0 Å². The number of nitrogens with zero attached hydrogens (tertiary/aromatic N) is 1. The zero-order chi connectivity index (χ0) is 11.2. The first-order chi connectivity index (χ1) is 7.84. The number of hydrogen-bond acceptors (Lipinski definition) is 5. The maximum atomic E-state index is 11.6. The second-order valence-corrected chi connectivity index (χ2v) is 4.16. The quantitative estimate of drug-likeness (QED) is 0.555. The molecule has 0 saturated carbocycles. The van der Waals surface area contributed by atoms with Crippen molar-refractivity contribution in [1.82, 2.24) is 21.1 Å². The van der Waals surface area contributed by atoms with Gasteiger partial charge in [0.05, 0.1) is 25.9 Å². The van der Waals surface area contributed by atoms with Gasteiger partial charge in [0.15, 0.2) is 0 Å².